The normalized spacial score (nSPS) is 10.1. The van der Waals surface area contributed by atoms with E-state index in [2.05, 4.69) is 15.6 Å². The van der Waals surface area contributed by atoms with Gasteiger partial charge in [-0.15, -0.1) is 0 Å². The Kier molecular flexibility index (Phi) is 6.52. The highest BCUT2D eigenvalue weighted by molar-refractivity contribution is 7.80. The fourth-order valence-electron chi connectivity index (χ4n) is 1.20. The van der Waals surface area contributed by atoms with E-state index in [-0.39, 0.29) is 0 Å². The second-order valence-electron chi connectivity index (χ2n) is 3.33. The molecule has 1 heterocycles. The van der Waals surface area contributed by atoms with Crippen LogP contribution >= 0.6 is 12.2 Å². The molecule has 0 amide bonds. The molecular weight excluding hydrogens is 224 g/mol. The van der Waals surface area contributed by atoms with E-state index in [9.17, 15) is 0 Å². The molecule has 0 saturated heterocycles. The van der Waals surface area contributed by atoms with E-state index in [1.807, 2.05) is 10.8 Å². The first-order chi connectivity index (χ1) is 7.83. The van der Waals surface area contributed by atoms with Gasteiger partial charge in [0.2, 0.25) is 0 Å². The van der Waals surface area contributed by atoms with Gasteiger partial charge in [0.15, 0.2) is 5.11 Å². The van der Waals surface area contributed by atoms with Crippen molar-refractivity contribution in [2.24, 2.45) is 0 Å². The predicted molar refractivity (Wildman–Crippen MR) is 67.3 cm³/mol. The molecule has 16 heavy (non-hydrogen) atoms. The molecule has 5 nitrogen and oxygen atoms in total. The zero-order valence-electron chi connectivity index (χ0n) is 9.48. The van der Waals surface area contributed by atoms with Gasteiger partial charge in [-0.25, -0.2) is 4.98 Å². The second kappa shape index (κ2) is 8.06. The molecule has 0 unspecified atom stereocenters. The summed E-state index contributed by atoms with van der Waals surface area (Å²) >= 11 is 5.11. The van der Waals surface area contributed by atoms with Gasteiger partial charge in [0.25, 0.3) is 0 Å². The number of hydrogen-bond donors (Lipinski definition) is 2. The lowest BCUT2D eigenvalue weighted by molar-refractivity contribution is 0.195. The van der Waals surface area contributed by atoms with E-state index in [0.29, 0.717) is 5.11 Å². The lowest BCUT2D eigenvalue weighted by atomic mass is 10.4. The zero-order chi connectivity index (χ0) is 11.6. The van der Waals surface area contributed by atoms with Gasteiger partial charge in [-0.2, -0.15) is 0 Å². The lowest BCUT2D eigenvalue weighted by Crippen LogP contribution is -2.37. The van der Waals surface area contributed by atoms with Crippen molar-refractivity contribution < 1.29 is 4.74 Å². The van der Waals surface area contributed by atoms with Gasteiger partial charge in [-0.05, 0) is 18.6 Å². The van der Waals surface area contributed by atoms with Gasteiger partial charge in [0, 0.05) is 45.7 Å². The average molecular weight is 242 g/mol. The third-order valence-corrected chi connectivity index (χ3v) is 2.31. The van der Waals surface area contributed by atoms with Crippen LogP contribution in [0.3, 0.4) is 0 Å². The molecule has 0 bridgehead atoms. The number of nitrogens with one attached hydrogen (secondary N) is 2. The van der Waals surface area contributed by atoms with Gasteiger partial charge in [0.05, 0.1) is 6.33 Å². The third-order valence-electron chi connectivity index (χ3n) is 2.03. The predicted octanol–water partition coefficient (Wildman–Crippen LogP) is 0.384. The molecule has 0 aliphatic carbocycles. The Bertz CT molecular complexity index is 289. The maximum absolute atomic E-state index is 5.11. The number of imidazole rings is 1. The molecule has 1 rings (SSSR count). The summed E-state index contributed by atoms with van der Waals surface area (Å²) < 4.78 is 6.94. The highest BCUT2D eigenvalue weighted by Gasteiger charge is 1.94. The Morgan fingerprint density at radius 2 is 2.25 bits per heavy atom. The maximum Gasteiger partial charge on any atom is 0.166 e. The molecule has 0 spiro atoms. The smallest absolute Gasteiger partial charge is 0.166 e. The molecule has 0 aliphatic heterocycles. The first-order valence-corrected chi connectivity index (χ1v) is 5.70. The topological polar surface area (TPSA) is 51.1 Å². The van der Waals surface area contributed by atoms with Crippen LogP contribution in [-0.4, -0.2) is 41.5 Å². The van der Waals surface area contributed by atoms with Crippen LogP contribution in [0.25, 0.3) is 0 Å². The molecule has 2 N–H and O–H groups in total. The molecule has 6 heteroatoms. The minimum absolute atomic E-state index is 0.691. The van der Waals surface area contributed by atoms with E-state index in [4.69, 9.17) is 17.0 Å². The van der Waals surface area contributed by atoms with E-state index in [1.54, 1.807) is 19.6 Å². The number of nitrogens with zero attached hydrogens (tertiary/aromatic N) is 2. The standard InChI is InChI=1S/C10H18N4OS/c1-15-8-2-3-12-10(16)13-5-7-14-6-4-11-9-14/h4,6,9H,2-3,5,7-8H2,1H3,(H2,12,13,16). The Labute approximate surface area is 101 Å². The van der Waals surface area contributed by atoms with Crippen molar-refractivity contribution in [2.75, 3.05) is 26.8 Å². The highest BCUT2D eigenvalue weighted by Crippen LogP contribution is 1.83. The van der Waals surface area contributed by atoms with E-state index in [0.717, 1.165) is 32.7 Å². The van der Waals surface area contributed by atoms with Crippen LogP contribution in [0.5, 0.6) is 0 Å². The number of thiocarbonyl (C=S) groups is 1. The molecule has 90 valence electrons. The number of rotatable bonds is 7. The van der Waals surface area contributed by atoms with Crippen LogP contribution in [0.4, 0.5) is 0 Å². The van der Waals surface area contributed by atoms with Gasteiger partial charge in [-0.3, -0.25) is 0 Å². The van der Waals surface area contributed by atoms with Crippen molar-refractivity contribution in [1.29, 1.82) is 0 Å². The van der Waals surface area contributed by atoms with Crippen LogP contribution in [-0.2, 0) is 11.3 Å². The lowest BCUT2D eigenvalue weighted by Gasteiger charge is -2.10. The first-order valence-electron chi connectivity index (χ1n) is 5.29. The second-order valence-corrected chi connectivity index (χ2v) is 3.74. The molecule has 0 fully saturated rings. The fraction of sp³-hybridized carbons (Fsp3) is 0.600. The first kappa shape index (κ1) is 12.9. The van der Waals surface area contributed by atoms with Crippen molar-refractivity contribution in [3.05, 3.63) is 18.7 Å². The Morgan fingerprint density at radius 1 is 1.44 bits per heavy atom. The SMILES string of the molecule is COCCCNC(=S)NCCn1ccnc1. The van der Waals surface area contributed by atoms with Crippen molar-refractivity contribution in [3.63, 3.8) is 0 Å². The molecule has 1 aromatic rings. The Morgan fingerprint density at radius 3 is 2.94 bits per heavy atom. The third kappa shape index (κ3) is 5.67. The molecule has 0 atom stereocenters. The maximum atomic E-state index is 5.11. The van der Waals surface area contributed by atoms with E-state index in [1.165, 1.54) is 0 Å². The van der Waals surface area contributed by atoms with Gasteiger partial charge in [-0.1, -0.05) is 0 Å². The minimum atomic E-state index is 0.691. The van der Waals surface area contributed by atoms with Crippen LogP contribution in [0.1, 0.15) is 6.42 Å². The molecule has 1 aromatic heterocycles. The summed E-state index contributed by atoms with van der Waals surface area (Å²) in [6, 6.07) is 0. The van der Waals surface area contributed by atoms with Crippen LogP contribution in [0, 0.1) is 0 Å². The average Bonchev–Trinajstić information content (AvgIpc) is 2.77. The van der Waals surface area contributed by atoms with Crippen LogP contribution < -0.4 is 10.6 Å². The summed E-state index contributed by atoms with van der Waals surface area (Å²) in [6.45, 7) is 3.25. The minimum Gasteiger partial charge on any atom is -0.385 e. The zero-order valence-corrected chi connectivity index (χ0v) is 10.3. The highest BCUT2D eigenvalue weighted by atomic mass is 32.1. The van der Waals surface area contributed by atoms with Crippen molar-refractivity contribution in [2.45, 2.75) is 13.0 Å². The van der Waals surface area contributed by atoms with Crippen molar-refractivity contribution in [3.8, 4) is 0 Å². The van der Waals surface area contributed by atoms with Crippen molar-refractivity contribution >= 4 is 17.3 Å². The fourth-order valence-corrected chi connectivity index (χ4v) is 1.40. The molecule has 0 aliphatic rings. The summed E-state index contributed by atoms with van der Waals surface area (Å²) in [5.74, 6) is 0. The Hall–Kier alpha value is -1.14. The molecule has 0 radical (unpaired) electrons. The number of hydrogen-bond acceptors (Lipinski definition) is 3. The van der Waals surface area contributed by atoms with Gasteiger partial charge >= 0.3 is 0 Å². The van der Waals surface area contributed by atoms with Crippen LogP contribution in [0.15, 0.2) is 18.7 Å². The summed E-state index contributed by atoms with van der Waals surface area (Å²) in [5, 5.41) is 6.93. The molecular formula is C10H18N4OS. The van der Waals surface area contributed by atoms with Crippen LogP contribution in [0.2, 0.25) is 0 Å². The quantitative estimate of drug-likeness (QED) is 0.535. The monoisotopic (exact) mass is 242 g/mol. The molecule has 0 aromatic carbocycles. The molecule has 0 saturated carbocycles. The van der Waals surface area contributed by atoms with Crippen molar-refractivity contribution in [1.82, 2.24) is 20.2 Å². The van der Waals surface area contributed by atoms with Gasteiger partial charge < -0.3 is 19.9 Å². The van der Waals surface area contributed by atoms with E-state index < -0.39 is 0 Å². The van der Waals surface area contributed by atoms with Gasteiger partial charge in [0.1, 0.15) is 0 Å². The summed E-state index contributed by atoms with van der Waals surface area (Å²) in [4.78, 5) is 3.96. The summed E-state index contributed by atoms with van der Waals surface area (Å²) in [6.07, 6.45) is 6.44. The number of ether oxygens (including phenoxy) is 1. The summed E-state index contributed by atoms with van der Waals surface area (Å²) in [7, 11) is 1.70. The summed E-state index contributed by atoms with van der Waals surface area (Å²) in [5.41, 5.74) is 0. The van der Waals surface area contributed by atoms with E-state index >= 15 is 0 Å². The Balaban J connectivity index is 1.98. The largest absolute Gasteiger partial charge is 0.385 e. The number of aromatic nitrogens is 2. The number of methoxy groups -OCH3 is 1.